The van der Waals surface area contributed by atoms with E-state index in [2.05, 4.69) is 26.1 Å². The van der Waals surface area contributed by atoms with Crippen molar-refractivity contribution >= 4 is 5.91 Å². The highest BCUT2D eigenvalue weighted by atomic mass is 16.3. The van der Waals surface area contributed by atoms with E-state index in [1.54, 1.807) is 6.07 Å². The molecule has 96 valence electrons. The number of hydrogen-bond acceptors (Lipinski definition) is 3. The van der Waals surface area contributed by atoms with Gasteiger partial charge in [-0.05, 0) is 31.4 Å². The van der Waals surface area contributed by atoms with Crippen molar-refractivity contribution in [3.63, 3.8) is 0 Å². The highest BCUT2D eigenvalue weighted by Crippen LogP contribution is 2.22. The van der Waals surface area contributed by atoms with Gasteiger partial charge in [0, 0.05) is 11.6 Å². The fourth-order valence-electron chi connectivity index (χ4n) is 1.72. The number of rotatable bonds is 4. The predicted octanol–water partition coefficient (Wildman–Crippen LogP) is 2.08. The van der Waals surface area contributed by atoms with Crippen LogP contribution in [-0.2, 0) is 0 Å². The summed E-state index contributed by atoms with van der Waals surface area (Å²) in [6.07, 6.45) is 2.29. The van der Waals surface area contributed by atoms with Gasteiger partial charge in [0.25, 0.3) is 5.91 Å². The van der Waals surface area contributed by atoms with Crippen LogP contribution < -0.4 is 11.1 Å². The van der Waals surface area contributed by atoms with Crippen LogP contribution in [0, 0.1) is 12.3 Å². The number of nitrogens with two attached hydrogens (primary N) is 1. The summed E-state index contributed by atoms with van der Waals surface area (Å²) in [5.74, 6) is 0.220. The number of nitrogens with one attached hydrogen (secondary N) is 1. The van der Waals surface area contributed by atoms with Crippen molar-refractivity contribution in [3.05, 3.63) is 23.7 Å². The van der Waals surface area contributed by atoms with Crippen molar-refractivity contribution < 1.29 is 9.21 Å². The van der Waals surface area contributed by atoms with Gasteiger partial charge in [-0.1, -0.05) is 20.8 Å². The SMILES string of the molecule is Cc1ccoc1C(=O)NC(CCN)C(C)(C)C. The van der Waals surface area contributed by atoms with E-state index in [0.717, 1.165) is 12.0 Å². The molecule has 0 saturated carbocycles. The fourth-order valence-corrected chi connectivity index (χ4v) is 1.72. The summed E-state index contributed by atoms with van der Waals surface area (Å²) in [4.78, 5) is 12.0. The molecule has 0 aromatic carbocycles. The van der Waals surface area contributed by atoms with E-state index in [1.807, 2.05) is 6.92 Å². The van der Waals surface area contributed by atoms with E-state index in [1.165, 1.54) is 6.26 Å². The topological polar surface area (TPSA) is 68.3 Å². The van der Waals surface area contributed by atoms with Crippen LogP contribution in [-0.4, -0.2) is 18.5 Å². The second kappa shape index (κ2) is 5.36. The molecule has 0 bridgehead atoms. The number of hydrogen-bond donors (Lipinski definition) is 2. The molecule has 0 aliphatic carbocycles. The van der Waals surface area contributed by atoms with Gasteiger partial charge in [0.05, 0.1) is 6.26 Å². The Bertz CT molecular complexity index is 377. The molecular weight excluding hydrogens is 216 g/mol. The van der Waals surface area contributed by atoms with Gasteiger partial charge in [0.2, 0.25) is 0 Å². The van der Waals surface area contributed by atoms with E-state index in [9.17, 15) is 4.79 Å². The minimum Gasteiger partial charge on any atom is -0.459 e. The minimum absolute atomic E-state index is 0.0183. The molecule has 0 fully saturated rings. The maximum atomic E-state index is 12.0. The fraction of sp³-hybridized carbons (Fsp3) is 0.615. The largest absolute Gasteiger partial charge is 0.459 e. The first-order chi connectivity index (χ1) is 7.86. The molecular formula is C13H22N2O2. The first-order valence-corrected chi connectivity index (χ1v) is 5.91. The van der Waals surface area contributed by atoms with E-state index in [-0.39, 0.29) is 17.4 Å². The van der Waals surface area contributed by atoms with Gasteiger partial charge >= 0.3 is 0 Å². The summed E-state index contributed by atoms with van der Waals surface area (Å²) in [5, 5.41) is 2.99. The normalized spacial score (nSPS) is 13.5. The average molecular weight is 238 g/mol. The minimum atomic E-state index is -0.166. The van der Waals surface area contributed by atoms with Gasteiger partial charge in [-0.2, -0.15) is 0 Å². The first kappa shape index (κ1) is 13.8. The molecule has 17 heavy (non-hydrogen) atoms. The third kappa shape index (κ3) is 3.60. The number of furan rings is 1. The zero-order chi connectivity index (χ0) is 13.1. The quantitative estimate of drug-likeness (QED) is 0.843. The Balaban J connectivity index is 2.75. The zero-order valence-corrected chi connectivity index (χ0v) is 11.0. The van der Waals surface area contributed by atoms with Crippen LogP contribution in [0.25, 0.3) is 0 Å². The van der Waals surface area contributed by atoms with Gasteiger partial charge in [-0.15, -0.1) is 0 Å². The predicted molar refractivity (Wildman–Crippen MR) is 67.8 cm³/mol. The van der Waals surface area contributed by atoms with Crippen LogP contribution in [0.3, 0.4) is 0 Å². The lowest BCUT2D eigenvalue weighted by Gasteiger charge is -2.31. The van der Waals surface area contributed by atoms with Crippen molar-refractivity contribution in [1.82, 2.24) is 5.32 Å². The molecule has 1 aromatic rings. The summed E-state index contributed by atoms with van der Waals surface area (Å²) < 4.78 is 5.17. The maximum Gasteiger partial charge on any atom is 0.287 e. The Morgan fingerprint density at radius 3 is 2.59 bits per heavy atom. The van der Waals surface area contributed by atoms with E-state index >= 15 is 0 Å². The molecule has 0 radical (unpaired) electrons. The molecule has 1 rings (SSSR count). The van der Waals surface area contributed by atoms with Crippen LogP contribution in [0.1, 0.15) is 43.3 Å². The highest BCUT2D eigenvalue weighted by molar-refractivity contribution is 5.93. The molecule has 0 aliphatic rings. The standard InChI is InChI=1S/C13H22N2O2/c1-9-6-8-17-11(9)12(16)15-10(5-7-14)13(2,3)4/h6,8,10H,5,7,14H2,1-4H3,(H,15,16). The molecule has 3 N–H and O–H groups in total. The van der Waals surface area contributed by atoms with E-state index < -0.39 is 0 Å². The van der Waals surface area contributed by atoms with Crippen molar-refractivity contribution in [3.8, 4) is 0 Å². The monoisotopic (exact) mass is 238 g/mol. The number of carbonyl (C=O) groups excluding carboxylic acids is 1. The lowest BCUT2D eigenvalue weighted by molar-refractivity contribution is 0.0869. The Morgan fingerprint density at radius 2 is 2.18 bits per heavy atom. The molecule has 1 atom stereocenters. The van der Waals surface area contributed by atoms with Gasteiger partial charge < -0.3 is 15.5 Å². The summed E-state index contributed by atoms with van der Waals surface area (Å²) in [6, 6.07) is 1.83. The molecule has 4 heteroatoms. The first-order valence-electron chi connectivity index (χ1n) is 5.91. The third-order valence-corrected chi connectivity index (χ3v) is 2.87. The summed E-state index contributed by atoms with van der Waals surface area (Å²) >= 11 is 0. The highest BCUT2D eigenvalue weighted by Gasteiger charge is 2.27. The van der Waals surface area contributed by atoms with Gasteiger partial charge in [0.15, 0.2) is 5.76 Å². The lowest BCUT2D eigenvalue weighted by atomic mass is 9.84. The molecule has 1 amide bonds. The number of amides is 1. The van der Waals surface area contributed by atoms with Crippen molar-refractivity contribution in [2.75, 3.05) is 6.54 Å². The van der Waals surface area contributed by atoms with Gasteiger partial charge in [0.1, 0.15) is 0 Å². The van der Waals surface area contributed by atoms with Crippen LogP contribution in [0.2, 0.25) is 0 Å². The molecule has 1 heterocycles. The van der Waals surface area contributed by atoms with Crippen molar-refractivity contribution in [1.29, 1.82) is 0 Å². The molecule has 0 saturated heterocycles. The molecule has 4 nitrogen and oxygen atoms in total. The summed E-state index contributed by atoms with van der Waals surface area (Å²) in [5.41, 5.74) is 6.41. The number of carbonyl (C=O) groups is 1. The van der Waals surface area contributed by atoms with Gasteiger partial charge in [-0.25, -0.2) is 0 Å². The second-order valence-corrected chi connectivity index (χ2v) is 5.40. The second-order valence-electron chi connectivity index (χ2n) is 5.40. The van der Waals surface area contributed by atoms with Crippen LogP contribution in [0.4, 0.5) is 0 Å². The number of aryl methyl sites for hydroxylation is 1. The summed E-state index contributed by atoms with van der Waals surface area (Å²) in [7, 11) is 0. The third-order valence-electron chi connectivity index (χ3n) is 2.87. The van der Waals surface area contributed by atoms with Crippen molar-refractivity contribution in [2.24, 2.45) is 11.1 Å². The molecule has 1 unspecified atom stereocenters. The van der Waals surface area contributed by atoms with Crippen molar-refractivity contribution in [2.45, 2.75) is 40.2 Å². The van der Waals surface area contributed by atoms with E-state index in [4.69, 9.17) is 10.2 Å². The van der Waals surface area contributed by atoms with Gasteiger partial charge in [-0.3, -0.25) is 4.79 Å². The van der Waals surface area contributed by atoms with Crippen LogP contribution in [0.5, 0.6) is 0 Å². The Kier molecular flexibility index (Phi) is 4.34. The smallest absolute Gasteiger partial charge is 0.287 e. The summed E-state index contributed by atoms with van der Waals surface area (Å²) in [6.45, 7) is 8.67. The van der Waals surface area contributed by atoms with E-state index in [0.29, 0.717) is 12.3 Å². The Labute approximate surface area is 103 Å². The Morgan fingerprint density at radius 1 is 1.53 bits per heavy atom. The Hall–Kier alpha value is -1.29. The maximum absolute atomic E-state index is 12.0. The van der Waals surface area contributed by atoms with Crippen LogP contribution >= 0.6 is 0 Å². The average Bonchev–Trinajstić information content (AvgIpc) is 2.62. The molecule has 0 aliphatic heterocycles. The lowest BCUT2D eigenvalue weighted by Crippen LogP contribution is -2.44. The molecule has 1 aromatic heterocycles. The van der Waals surface area contributed by atoms with Crippen LogP contribution in [0.15, 0.2) is 16.7 Å². The molecule has 0 spiro atoms. The zero-order valence-electron chi connectivity index (χ0n) is 11.0.